The van der Waals surface area contributed by atoms with Crippen LogP contribution < -0.4 is 10.6 Å². The Labute approximate surface area is 121 Å². The fourth-order valence-corrected chi connectivity index (χ4v) is 2.50. The molecule has 116 valence electrons. The first-order valence-corrected chi connectivity index (χ1v) is 6.77. The van der Waals surface area contributed by atoms with E-state index in [2.05, 4.69) is 15.5 Å². The van der Waals surface area contributed by atoms with E-state index in [1.165, 1.54) is 0 Å². The number of hydrogen-bond donors (Lipinski definition) is 2. The lowest BCUT2D eigenvalue weighted by molar-refractivity contribution is -0.191. The molecule has 2 heterocycles. The number of anilines is 1. The fraction of sp³-hybridized carbons (Fsp3) is 0.600. The Bertz CT molecular complexity index is 575. The van der Waals surface area contributed by atoms with Crippen LogP contribution in [-0.4, -0.2) is 45.3 Å². The second-order valence-electron chi connectivity index (χ2n) is 4.48. The maximum Gasteiger partial charge on any atom is 0.420 e. The zero-order valence-electron chi connectivity index (χ0n) is 11.1. The number of aromatic nitrogens is 2. The maximum absolute atomic E-state index is 12.9. The fourth-order valence-electron chi connectivity index (χ4n) is 1.71. The highest BCUT2D eigenvalue weighted by Gasteiger charge is 2.64. The Morgan fingerprint density at radius 1 is 1.38 bits per heavy atom. The molecule has 7 nitrogen and oxygen atoms in total. The Balaban J connectivity index is 2.17. The second-order valence-corrected chi connectivity index (χ2v) is 5.54. The van der Waals surface area contributed by atoms with Crippen LogP contribution in [0.4, 0.5) is 23.1 Å². The van der Waals surface area contributed by atoms with Gasteiger partial charge in [0.15, 0.2) is 0 Å². The predicted molar refractivity (Wildman–Crippen MR) is 67.6 cm³/mol. The van der Waals surface area contributed by atoms with E-state index in [0.717, 1.165) is 11.3 Å². The number of nitrogens with zero attached hydrogens (tertiary/aromatic N) is 3. The van der Waals surface area contributed by atoms with Crippen LogP contribution in [0, 0.1) is 0 Å². The van der Waals surface area contributed by atoms with Crippen LogP contribution in [-0.2, 0) is 11.3 Å². The van der Waals surface area contributed by atoms with Crippen LogP contribution in [0.15, 0.2) is 0 Å². The molecule has 0 saturated carbocycles. The van der Waals surface area contributed by atoms with Crippen LogP contribution in [0.25, 0.3) is 0 Å². The first kappa shape index (κ1) is 15.5. The van der Waals surface area contributed by atoms with Gasteiger partial charge < -0.3 is 10.6 Å². The Hall–Kier alpha value is -1.91. The van der Waals surface area contributed by atoms with Crippen molar-refractivity contribution in [3.8, 4) is 0 Å². The summed E-state index contributed by atoms with van der Waals surface area (Å²) in [7, 11) is 0. The van der Waals surface area contributed by atoms with Gasteiger partial charge in [-0.05, 0) is 13.8 Å². The van der Waals surface area contributed by atoms with Gasteiger partial charge in [-0.3, -0.25) is 9.69 Å². The van der Waals surface area contributed by atoms with E-state index >= 15 is 0 Å². The summed E-state index contributed by atoms with van der Waals surface area (Å²) in [5.74, 6) is -1.35. The molecule has 0 radical (unpaired) electrons. The zero-order valence-corrected chi connectivity index (χ0v) is 11.9. The second kappa shape index (κ2) is 5.13. The van der Waals surface area contributed by atoms with Crippen molar-refractivity contribution in [3.63, 3.8) is 0 Å². The van der Waals surface area contributed by atoms with Crippen molar-refractivity contribution in [3.05, 3.63) is 5.01 Å². The quantitative estimate of drug-likeness (QED) is 0.817. The Morgan fingerprint density at radius 2 is 2.05 bits per heavy atom. The molecule has 1 atom stereocenters. The molecule has 0 aliphatic carbocycles. The molecule has 2 rings (SSSR count). The molecule has 1 aromatic rings. The highest BCUT2D eigenvalue weighted by Crippen LogP contribution is 2.35. The molecule has 21 heavy (non-hydrogen) atoms. The molecule has 1 fully saturated rings. The normalized spacial score (nSPS) is 22.6. The molecule has 3 amide bonds. The van der Waals surface area contributed by atoms with E-state index in [1.54, 1.807) is 5.32 Å². The van der Waals surface area contributed by atoms with E-state index in [-0.39, 0.29) is 11.6 Å². The monoisotopic (exact) mass is 323 g/mol. The van der Waals surface area contributed by atoms with Crippen LogP contribution in [0.3, 0.4) is 0 Å². The van der Waals surface area contributed by atoms with Gasteiger partial charge in [0.25, 0.3) is 5.91 Å². The first-order valence-electron chi connectivity index (χ1n) is 5.96. The number of carbonyl (C=O) groups excluding carboxylic acids is 2. The van der Waals surface area contributed by atoms with Crippen molar-refractivity contribution in [1.29, 1.82) is 0 Å². The van der Waals surface area contributed by atoms with Crippen molar-refractivity contribution in [2.75, 3.05) is 11.9 Å². The molecule has 1 unspecified atom stereocenters. The minimum Gasteiger partial charge on any atom is -0.360 e. The molecule has 2 N–H and O–H groups in total. The largest absolute Gasteiger partial charge is 0.420 e. The lowest BCUT2D eigenvalue weighted by Gasteiger charge is -2.24. The summed E-state index contributed by atoms with van der Waals surface area (Å²) in [6.07, 6.45) is -4.87. The summed E-state index contributed by atoms with van der Waals surface area (Å²) in [5.41, 5.74) is -2.90. The summed E-state index contributed by atoms with van der Waals surface area (Å²) >= 11 is 1.07. The van der Waals surface area contributed by atoms with E-state index in [4.69, 9.17) is 0 Å². The molecule has 1 aromatic heterocycles. The first-order chi connectivity index (χ1) is 9.69. The van der Waals surface area contributed by atoms with Crippen LogP contribution in [0.5, 0.6) is 0 Å². The summed E-state index contributed by atoms with van der Waals surface area (Å²) in [4.78, 5) is 24.0. The van der Waals surface area contributed by atoms with Gasteiger partial charge in [0.1, 0.15) is 5.01 Å². The number of halogens is 3. The van der Waals surface area contributed by atoms with Gasteiger partial charge in [-0.1, -0.05) is 11.3 Å². The highest BCUT2D eigenvalue weighted by atomic mass is 32.1. The van der Waals surface area contributed by atoms with Crippen molar-refractivity contribution >= 4 is 28.4 Å². The van der Waals surface area contributed by atoms with Gasteiger partial charge in [0, 0.05) is 6.54 Å². The third kappa shape index (κ3) is 2.64. The molecule has 0 aromatic carbocycles. The topological polar surface area (TPSA) is 87.2 Å². The average molecular weight is 323 g/mol. The van der Waals surface area contributed by atoms with E-state index in [0.29, 0.717) is 23.5 Å². The number of amides is 3. The lowest BCUT2D eigenvalue weighted by Crippen LogP contribution is -2.56. The van der Waals surface area contributed by atoms with Crippen LogP contribution in [0.1, 0.15) is 18.9 Å². The van der Waals surface area contributed by atoms with Gasteiger partial charge in [-0.2, -0.15) is 13.2 Å². The number of rotatable bonds is 4. The number of imide groups is 1. The third-order valence-electron chi connectivity index (χ3n) is 2.93. The molecule has 1 aliphatic heterocycles. The van der Waals surface area contributed by atoms with Gasteiger partial charge in [-0.25, -0.2) is 4.79 Å². The standard InChI is InChI=1S/C10H12F3N5O2S/c1-3-14-7-17-16-5(21-7)4-18-6(19)9(2,10(11,12)13)15-8(18)20/h3-4H2,1-2H3,(H,14,17)(H,15,20). The maximum atomic E-state index is 12.9. The van der Waals surface area contributed by atoms with Gasteiger partial charge in [0.2, 0.25) is 10.7 Å². The van der Waals surface area contributed by atoms with Gasteiger partial charge >= 0.3 is 12.2 Å². The molecule has 1 aliphatic rings. The van der Waals surface area contributed by atoms with Crippen LogP contribution in [0.2, 0.25) is 0 Å². The molecule has 1 saturated heterocycles. The summed E-state index contributed by atoms with van der Waals surface area (Å²) in [6, 6.07) is -1.10. The predicted octanol–water partition coefficient (Wildman–Crippen LogP) is 1.34. The van der Waals surface area contributed by atoms with E-state index in [1.807, 2.05) is 6.92 Å². The summed E-state index contributed by atoms with van der Waals surface area (Å²) in [6.45, 7) is 2.73. The number of nitrogens with one attached hydrogen (secondary N) is 2. The van der Waals surface area contributed by atoms with Crippen molar-refractivity contribution in [2.24, 2.45) is 0 Å². The molecule has 0 bridgehead atoms. The summed E-state index contributed by atoms with van der Waals surface area (Å²) in [5, 5.41) is 12.8. The number of carbonyl (C=O) groups is 2. The number of hydrogen-bond acceptors (Lipinski definition) is 6. The van der Waals surface area contributed by atoms with E-state index < -0.39 is 23.7 Å². The zero-order chi connectivity index (χ0) is 15.8. The smallest absolute Gasteiger partial charge is 0.360 e. The number of alkyl halides is 3. The molecular formula is C10H12F3N5O2S. The lowest BCUT2D eigenvalue weighted by atomic mass is 10.0. The highest BCUT2D eigenvalue weighted by molar-refractivity contribution is 7.15. The molecule has 11 heteroatoms. The van der Waals surface area contributed by atoms with Crippen LogP contribution >= 0.6 is 11.3 Å². The molecule has 0 spiro atoms. The van der Waals surface area contributed by atoms with Crippen molar-refractivity contribution in [1.82, 2.24) is 20.4 Å². The Kier molecular flexibility index (Phi) is 3.78. The SMILES string of the molecule is CCNc1nnc(CN2C(=O)NC(C)(C(F)(F)F)C2=O)s1. The van der Waals surface area contributed by atoms with E-state index in [9.17, 15) is 22.8 Å². The average Bonchev–Trinajstić information content (AvgIpc) is 2.89. The van der Waals surface area contributed by atoms with Crippen molar-refractivity contribution < 1.29 is 22.8 Å². The third-order valence-corrected chi connectivity index (χ3v) is 3.80. The minimum absolute atomic E-state index is 0.265. The van der Waals surface area contributed by atoms with Gasteiger partial charge in [0.05, 0.1) is 6.54 Å². The number of urea groups is 1. The summed E-state index contributed by atoms with van der Waals surface area (Å²) < 4.78 is 38.7. The Morgan fingerprint density at radius 3 is 2.57 bits per heavy atom. The molecular weight excluding hydrogens is 311 g/mol. The van der Waals surface area contributed by atoms with Gasteiger partial charge in [-0.15, -0.1) is 10.2 Å². The van der Waals surface area contributed by atoms with Crippen molar-refractivity contribution in [2.45, 2.75) is 32.1 Å². The minimum atomic E-state index is -4.87.